The van der Waals surface area contributed by atoms with Gasteiger partial charge >= 0.3 is 0 Å². The van der Waals surface area contributed by atoms with Gasteiger partial charge in [-0.15, -0.1) is 0 Å². The van der Waals surface area contributed by atoms with Gasteiger partial charge in [-0.25, -0.2) is 5.84 Å². The number of aliphatic imine (C=N–C) groups is 1. The molecule has 0 aliphatic rings. The average Bonchev–Trinajstić information content (AvgIpc) is 2.50. The highest BCUT2D eigenvalue weighted by Gasteiger charge is 2.00. The smallest absolute Gasteiger partial charge is 0.210 e. The molecule has 1 aromatic heterocycles. The van der Waals surface area contributed by atoms with E-state index in [2.05, 4.69) is 20.7 Å². The molecule has 0 spiro atoms. The van der Waals surface area contributed by atoms with Gasteiger partial charge in [-0.3, -0.25) is 15.4 Å². The van der Waals surface area contributed by atoms with Crippen LogP contribution in [0.25, 0.3) is 10.9 Å². The van der Waals surface area contributed by atoms with Gasteiger partial charge in [-0.2, -0.15) is 0 Å². The summed E-state index contributed by atoms with van der Waals surface area (Å²) >= 11 is 0. The van der Waals surface area contributed by atoms with E-state index in [9.17, 15) is 0 Å². The summed E-state index contributed by atoms with van der Waals surface area (Å²) in [4.78, 5) is 8.61. The molecule has 0 bridgehead atoms. The van der Waals surface area contributed by atoms with Gasteiger partial charge in [0.15, 0.2) is 0 Å². The number of aromatic nitrogens is 1. The van der Waals surface area contributed by atoms with Crippen molar-refractivity contribution in [1.82, 2.24) is 10.4 Å². The van der Waals surface area contributed by atoms with Crippen molar-refractivity contribution in [3.8, 4) is 0 Å². The van der Waals surface area contributed by atoms with Crippen LogP contribution in [0.3, 0.4) is 0 Å². The minimum atomic E-state index is 0.532. The van der Waals surface area contributed by atoms with Crippen LogP contribution < -0.4 is 16.6 Å². The third-order valence-electron chi connectivity index (χ3n) is 2.78. The van der Waals surface area contributed by atoms with E-state index in [0.717, 1.165) is 23.0 Å². The fraction of sp³-hybridized carbons (Fsp3) is 0.286. The predicted octanol–water partition coefficient (Wildman–Crippen LogP) is 1.50. The van der Waals surface area contributed by atoms with Crippen LogP contribution in [0.2, 0.25) is 0 Å². The number of methoxy groups -OCH3 is 1. The molecule has 0 fully saturated rings. The Labute approximate surface area is 118 Å². The topological polar surface area (TPSA) is 84.6 Å². The first-order valence-electron chi connectivity index (χ1n) is 6.45. The van der Waals surface area contributed by atoms with Crippen molar-refractivity contribution in [2.24, 2.45) is 10.8 Å². The number of ether oxygens (including phenoxy) is 1. The Morgan fingerprint density at radius 3 is 3.10 bits per heavy atom. The second kappa shape index (κ2) is 7.42. The van der Waals surface area contributed by atoms with Crippen molar-refractivity contribution in [2.75, 3.05) is 25.6 Å². The molecule has 106 valence electrons. The van der Waals surface area contributed by atoms with Gasteiger partial charge < -0.3 is 10.1 Å². The van der Waals surface area contributed by atoms with E-state index in [1.54, 1.807) is 13.3 Å². The van der Waals surface area contributed by atoms with Crippen LogP contribution in [0.15, 0.2) is 41.5 Å². The number of nitrogens with zero attached hydrogens (tertiary/aromatic N) is 2. The molecule has 0 saturated carbocycles. The lowest BCUT2D eigenvalue weighted by molar-refractivity contribution is 0.197. The summed E-state index contributed by atoms with van der Waals surface area (Å²) in [5.41, 5.74) is 4.42. The molecule has 6 heteroatoms. The van der Waals surface area contributed by atoms with Crippen LogP contribution in [0.1, 0.15) is 6.42 Å². The van der Waals surface area contributed by atoms with Crippen molar-refractivity contribution in [2.45, 2.75) is 6.42 Å². The van der Waals surface area contributed by atoms with Gasteiger partial charge in [-0.05, 0) is 30.7 Å². The van der Waals surface area contributed by atoms with E-state index in [4.69, 9.17) is 10.6 Å². The highest BCUT2D eigenvalue weighted by molar-refractivity contribution is 5.95. The summed E-state index contributed by atoms with van der Waals surface area (Å²) in [5.74, 6) is 5.99. The molecule has 0 radical (unpaired) electrons. The number of rotatable bonds is 5. The number of fused-ring (bicyclic) bond motifs is 1. The van der Waals surface area contributed by atoms with Crippen molar-refractivity contribution >= 4 is 22.5 Å². The number of hydrogen-bond donors (Lipinski definition) is 3. The van der Waals surface area contributed by atoms with Crippen LogP contribution in [0.5, 0.6) is 0 Å². The van der Waals surface area contributed by atoms with Crippen molar-refractivity contribution in [3.63, 3.8) is 0 Å². The first-order valence-corrected chi connectivity index (χ1v) is 6.45. The number of hydrazine groups is 1. The number of nitrogens with two attached hydrogens (primary N) is 1. The van der Waals surface area contributed by atoms with E-state index in [1.165, 1.54) is 0 Å². The SMILES string of the molecule is COCCCN=C(NN)Nc1ccc2ncccc2c1. The monoisotopic (exact) mass is 273 g/mol. The summed E-state index contributed by atoms with van der Waals surface area (Å²) < 4.78 is 4.98. The lowest BCUT2D eigenvalue weighted by Crippen LogP contribution is -2.36. The van der Waals surface area contributed by atoms with E-state index >= 15 is 0 Å². The highest BCUT2D eigenvalue weighted by Crippen LogP contribution is 2.16. The summed E-state index contributed by atoms with van der Waals surface area (Å²) in [6, 6.07) is 9.82. The first-order chi connectivity index (χ1) is 9.83. The standard InChI is InChI=1S/C14H19N5O/c1-20-9-3-8-17-14(19-15)18-12-5-6-13-11(10-12)4-2-7-16-13/h2,4-7,10H,3,8-9,15H2,1H3,(H2,17,18,19). The molecule has 6 nitrogen and oxygen atoms in total. The fourth-order valence-electron chi connectivity index (χ4n) is 1.81. The summed E-state index contributed by atoms with van der Waals surface area (Å²) in [6.07, 6.45) is 2.63. The van der Waals surface area contributed by atoms with E-state index in [1.807, 2.05) is 30.3 Å². The largest absolute Gasteiger partial charge is 0.385 e. The van der Waals surface area contributed by atoms with Crippen LogP contribution >= 0.6 is 0 Å². The summed E-state index contributed by atoms with van der Waals surface area (Å²) in [6.45, 7) is 1.33. The van der Waals surface area contributed by atoms with E-state index in [0.29, 0.717) is 19.1 Å². The highest BCUT2D eigenvalue weighted by atomic mass is 16.5. The van der Waals surface area contributed by atoms with Gasteiger partial charge in [0, 0.05) is 37.5 Å². The molecular weight excluding hydrogens is 254 g/mol. The van der Waals surface area contributed by atoms with Gasteiger partial charge in [0.2, 0.25) is 5.96 Å². The molecule has 20 heavy (non-hydrogen) atoms. The van der Waals surface area contributed by atoms with Gasteiger partial charge in [0.25, 0.3) is 0 Å². The molecule has 2 aromatic rings. The number of guanidine groups is 1. The Morgan fingerprint density at radius 2 is 2.30 bits per heavy atom. The quantitative estimate of drug-likeness (QED) is 0.253. The van der Waals surface area contributed by atoms with E-state index in [-0.39, 0.29) is 0 Å². The zero-order valence-corrected chi connectivity index (χ0v) is 11.5. The van der Waals surface area contributed by atoms with Crippen molar-refractivity contribution < 1.29 is 4.74 Å². The van der Waals surface area contributed by atoms with Crippen LogP contribution in [-0.4, -0.2) is 31.2 Å². The number of hydrogen-bond acceptors (Lipinski definition) is 4. The second-order valence-corrected chi connectivity index (χ2v) is 4.26. The zero-order chi connectivity index (χ0) is 14.2. The Kier molecular flexibility index (Phi) is 5.28. The van der Waals surface area contributed by atoms with E-state index < -0.39 is 0 Å². The van der Waals surface area contributed by atoms with Crippen LogP contribution in [-0.2, 0) is 4.74 Å². The Morgan fingerprint density at radius 1 is 1.40 bits per heavy atom. The second-order valence-electron chi connectivity index (χ2n) is 4.26. The summed E-state index contributed by atoms with van der Waals surface area (Å²) in [5, 5.41) is 4.21. The fourth-order valence-corrected chi connectivity index (χ4v) is 1.81. The lowest BCUT2D eigenvalue weighted by atomic mass is 10.2. The minimum Gasteiger partial charge on any atom is -0.385 e. The minimum absolute atomic E-state index is 0.532. The third kappa shape index (κ3) is 3.91. The molecule has 0 aliphatic heterocycles. The number of benzene rings is 1. The molecule has 4 N–H and O–H groups in total. The normalized spacial score (nSPS) is 11.6. The molecule has 0 amide bonds. The maximum Gasteiger partial charge on any atom is 0.210 e. The molecule has 1 heterocycles. The number of pyridine rings is 1. The maximum absolute atomic E-state index is 5.46. The Bertz CT molecular complexity index is 585. The lowest BCUT2D eigenvalue weighted by Gasteiger charge is -2.09. The molecule has 0 saturated heterocycles. The number of nitrogens with one attached hydrogen (secondary N) is 2. The Hall–Kier alpha value is -2.18. The van der Waals surface area contributed by atoms with Crippen molar-refractivity contribution in [3.05, 3.63) is 36.5 Å². The van der Waals surface area contributed by atoms with Crippen molar-refractivity contribution in [1.29, 1.82) is 0 Å². The van der Waals surface area contributed by atoms with Crippen LogP contribution in [0, 0.1) is 0 Å². The molecular formula is C14H19N5O. The molecule has 0 atom stereocenters. The molecule has 0 unspecified atom stereocenters. The average molecular weight is 273 g/mol. The summed E-state index contributed by atoms with van der Waals surface area (Å²) in [7, 11) is 1.67. The first kappa shape index (κ1) is 14.2. The Balaban J connectivity index is 2.05. The third-order valence-corrected chi connectivity index (χ3v) is 2.78. The molecule has 0 aliphatic carbocycles. The van der Waals surface area contributed by atoms with Crippen LogP contribution in [0.4, 0.5) is 5.69 Å². The molecule has 1 aromatic carbocycles. The van der Waals surface area contributed by atoms with Gasteiger partial charge in [-0.1, -0.05) is 6.07 Å². The molecule has 2 rings (SSSR count). The maximum atomic E-state index is 5.46. The van der Waals surface area contributed by atoms with Gasteiger partial charge in [0.1, 0.15) is 0 Å². The predicted molar refractivity (Wildman–Crippen MR) is 81.5 cm³/mol. The zero-order valence-electron chi connectivity index (χ0n) is 11.5. The van der Waals surface area contributed by atoms with Gasteiger partial charge in [0.05, 0.1) is 5.52 Å². The number of anilines is 1.